The average Bonchev–Trinajstić information content (AvgIpc) is 2.00. The van der Waals surface area contributed by atoms with Gasteiger partial charge >= 0.3 is 0 Å². The van der Waals surface area contributed by atoms with E-state index in [4.69, 9.17) is 17.3 Å². The molecule has 1 saturated carbocycles. The van der Waals surface area contributed by atoms with Crippen molar-refractivity contribution in [2.24, 2.45) is 11.7 Å². The molecule has 0 heterocycles. The monoisotopic (exact) mass is 213 g/mol. The van der Waals surface area contributed by atoms with Gasteiger partial charge in [-0.2, -0.15) is 0 Å². The van der Waals surface area contributed by atoms with Crippen LogP contribution >= 0.6 is 11.6 Å². The highest BCUT2D eigenvalue weighted by Gasteiger charge is 2.28. The van der Waals surface area contributed by atoms with E-state index in [0.717, 1.165) is 12.8 Å². The van der Waals surface area contributed by atoms with Crippen LogP contribution in [0, 0.1) is 11.7 Å². The molecule has 0 amide bonds. The maximum Gasteiger partial charge on any atom is 0.129 e. The lowest BCUT2D eigenvalue weighted by Crippen LogP contribution is -2.27. The van der Waals surface area contributed by atoms with E-state index < -0.39 is 0 Å². The van der Waals surface area contributed by atoms with E-state index in [0.29, 0.717) is 16.5 Å². The largest absolute Gasteiger partial charge is 0.324 e. The van der Waals surface area contributed by atoms with Gasteiger partial charge in [0.15, 0.2) is 0 Å². The number of hydrogen-bond acceptors (Lipinski definition) is 1. The predicted molar refractivity (Wildman–Crippen MR) is 55.7 cm³/mol. The van der Waals surface area contributed by atoms with Crippen molar-refractivity contribution >= 4 is 11.6 Å². The van der Waals surface area contributed by atoms with Crippen LogP contribution in [-0.4, -0.2) is 0 Å². The lowest BCUT2D eigenvalue weighted by Gasteiger charge is -2.32. The first-order valence-electron chi connectivity index (χ1n) is 4.89. The maximum atomic E-state index is 13.5. The van der Waals surface area contributed by atoms with Gasteiger partial charge in [-0.1, -0.05) is 24.1 Å². The van der Waals surface area contributed by atoms with Crippen molar-refractivity contribution in [2.45, 2.75) is 25.3 Å². The fourth-order valence-corrected chi connectivity index (χ4v) is 2.15. The smallest absolute Gasteiger partial charge is 0.129 e. The molecular weight excluding hydrogens is 201 g/mol. The Morgan fingerprint density at radius 2 is 2.14 bits per heavy atom. The minimum atomic E-state index is -0.281. The minimum absolute atomic E-state index is 0.238. The summed E-state index contributed by atoms with van der Waals surface area (Å²) < 4.78 is 13.5. The van der Waals surface area contributed by atoms with Gasteiger partial charge in [0.05, 0.1) is 0 Å². The Morgan fingerprint density at radius 1 is 1.43 bits per heavy atom. The fourth-order valence-electron chi connectivity index (χ4n) is 1.86. The van der Waals surface area contributed by atoms with E-state index in [9.17, 15) is 4.39 Å². The topological polar surface area (TPSA) is 26.0 Å². The highest BCUT2D eigenvalue weighted by molar-refractivity contribution is 6.31. The van der Waals surface area contributed by atoms with E-state index in [2.05, 4.69) is 0 Å². The SMILES string of the molecule is N[C@H](c1c(F)cccc1Cl)C1CCC1. The van der Waals surface area contributed by atoms with Crippen molar-refractivity contribution < 1.29 is 4.39 Å². The molecule has 0 spiro atoms. The van der Waals surface area contributed by atoms with Crippen molar-refractivity contribution in [3.05, 3.63) is 34.6 Å². The first kappa shape index (κ1) is 9.94. The van der Waals surface area contributed by atoms with E-state index in [1.54, 1.807) is 12.1 Å². The zero-order chi connectivity index (χ0) is 10.1. The molecule has 1 fully saturated rings. The number of nitrogens with two attached hydrogens (primary N) is 1. The molecule has 1 atom stereocenters. The zero-order valence-electron chi connectivity index (χ0n) is 7.84. The Hall–Kier alpha value is -0.600. The Morgan fingerprint density at radius 3 is 2.64 bits per heavy atom. The number of rotatable bonds is 2. The first-order chi connectivity index (χ1) is 6.70. The molecule has 1 aromatic rings. The van der Waals surface area contributed by atoms with Gasteiger partial charge in [0.25, 0.3) is 0 Å². The second kappa shape index (κ2) is 3.87. The highest BCUT2D eigenvalue weighted by atomic mass is 35.5. The lowest BCUT2D eigenvalue weighted by molar-refractivity contribution is 0.260. The normalized spacial score (nSPS) is 19.1. The molecule has 0 aromatic heterocycles. The molecule has 0 saturated heterocycles. The van der Waals surface area contributed by atoms with Gasteiger partial charge in [-0.25, -0.2) is 4.39 Å². The summed E-state index contributed by atoms with van der Waals surface area (Å²) in [7, 11) is 0. The third-order valence-corrected chi connectivity index (χ3v) is 3.32. The number of hydrogen-bond donors (Lipinski definition) is 1. The molecule has 1 aromatic carbocycles. The van der Waals surface area contributed by atoms with Crippen LogP contribution < -0.4 is 5.73 Å². The quantitative estimate of drug-likeness (QED) is 0.802. The van der Waals surface area contributed by atoms with Crippen LogP contribution in [0.25, 0.3) is 0 Å². The molecule has 1 nitrogen and oxygen atoms in total. The van der Waals surface area contributed by atoms with Crippen molar-refractivity contribution in [3.63, 3.8) is 0 Å². The van der Waals surface area contributed by atoms with Crippen LogP contribution in [0.3, 0.4) is 0 Å². The molecule has 0 radical (unpaired) electrons. The average molecular weight is 214 g/mol. The molecule has 3 heteroatoms. The fraction of sp³-hybridized carbons (Fsp3) is 0.455. The molecule has 76 valence electrons. The molecule has 0 aliphatic heterocycles. The van der Waals surface area contributed by atoms with Gasteiger partial charge in [-0.15, -0.1) is 0 Å². The minimum Gasteiger partial charge on any atom is -0.324 e. The van der Waals surface area contributed by atoms with E-state index in [1.807, 2.05) is 0 Å². The van der Waals surface area contributed by atoms with Gasteiger partial charge in [-0.05, 0) is 30.9 Å². The van der Waals surface area contributed by atoms with Gasteiger partial charge < -0.3 is 5.73 Å². The number of halogens is 2. The summed E-state index contributed by atoms with van der Waals surface area (Å²) in [6.45, 7) is 0. The Kier molecular flexibility index (Phi) is 2.75. The summed E-state index contributed by atoms with van der Waals surface area (Å²) in [5.74, 6) is 0.126. The van der Waals surface area contributed by atoms with Crippen molar-refractivity contribution in [2.75, 3.05) is 0 Å². The molecular formula is C11H13ClFN. The summed E-state index contributed by atoms with van der Waals surface area (Å²) in [5, 5.41) is 0.449. The van der Waals surface area contributed by atoms with Crippen LogP contribution in [0.4, 0.5) is 4.39 Å². The van der Waals surface area contributed by atoms with Gasteiger partial charge in [0.1, 0.15) is 5.82 Å². The van der Waals surface area contributed by atoms with E-state index in [1.165, 1.54) is 12.5 Å². The van der Waals surface area contributed by atoms with Gasteiger partial charge in [0.2, 0.25) is 0 Å². The third kappa shape index (κ3) is 1.64. The molecule has 0 bridgehead atoms. The zero-order valence-corrected chi connectivity index (χ0v) is 8.60. The Bertz CT molecular complexity index is 316. The molecule has 1 aliphatic carbocycles. The van der Waals surface area contributed by atoms with Gasteiger partial charge in [-0.3, -0.25) is 0 Å². The van der Waals surface area contributed by atoms with Crippen LogP contribution in [-0.2, 0) is 0 Å². The van der Waals surface area contributed by atoms with Crippen LogP contribution in [0.5, 0.6) is 0 Å². The molecule has 2 N–H and O–H groups in total. The molecule has 14 heavy (non-hydrogen) atoms. The van der Waals surface area contributed by atoms with Crippen molar-refractivity contribution in [3.8, 4) is 0 Å². The van der Waals surface area contributed by atoms with Crippen LogP contribution in [0.2, 0.25) is 5.02 Å². The van der Waals surface area contributed by atoms with Crippen LogP contribution in [0.1, 0.15) is 30.9 Å². The first-order valence-corrected chi connectivity index (χ1v) is 5.27. The maximum absolute atomic E-state index is 13.5. The van der Waals surface area contributed by atoms with E-state index >= 15 is 0 Å². The molecule has 0 unspecified atom stereocenters. The molecule has 2 rings (SSSR count). The van der Waals surface area contributed by atoms with Crippen LogP contribution in [0.15, 0.2) is 18.2 Å². The number of benzene rings is 1. The summed E-state index contributed by atoms with van der Waals surface area (Å²) in [4.78, 5) is 0. The van der Waals surface area contributed by atoms with Crippen molar-refractivity contribution in [1.82, 2.24) is 0 Å². The lowest BCUT2D eigenvalue weighted by atomic mass is 9.77. The predicted octanol–water partition coefficient (Wildman–Crippen LogP) is 3.28. The summed E-state index contributed by atoms with van der Waals surface area (Å²) in [6.07, 6.45) is 3.38. The second-order valence-corrected chi connectivity index (χ2v) is 4.26. The van der Waals surface area contributed by atoms with Gasteiger partial charge in [0, 0.05) is 16.6 Å². The summed E-state index contributed by atoms with van der Waals surface area (Å²) in [6, 6.07) is 4.48. The Labute approximate surface area is 88.1 Å². The Balaban J connectivity index is 2.29. The second-order valence-electron chi connectivity index (χ2n) is 3.85. The third-order valence-electron chi connectivity index (χ3n) is 2.99. The van der Waals surface area contributed by atoms with Crippen molar-refractivity contribution in [1.29, 1.82) is 0 Å². The highest BCUT2D eigenvalue weighted by Crippen LogP contribution is 2.39. The summed E-state index contributed by atoms with van der Waals surface area (Å²) in [5.41, 5.74) is 6.46. The standard InChI is InChI=1S/C11H13ClFN/c12-8-5-2-6-9(13)10(8)11(14)7-3-1-4-7/h2,5-7,11H,1,3-4,14H2/t11-/m0/s1. The molecule has 1 aliphatic rings. The van der Waals surface area contributed by atoms with E-state index in [-0.39, 0.29) is 11.9 Å². The summed E-state index contributed by atoms with van der Waals surface area (Å²) >= 11 is 5.93.